The van der Waals surface area contributed by atoms with Crippen molar-refractivity contribution in [1.82, 2.24) is 19.3 Å². The van der Waals surface area contributed by atoms with Crippen LogP contribution in [-0.2, 0) is 28.4 Å². The largest absolute Gasteiger partial charge is 0.321 e. The van der Waals surface area contributed by atoms with Crippen molar-refractivity contribution in [3.63, 3.8) is 0 Å². The molecule has 0 saturated heterocycles. The van der Waals surface area contributed by atoms with Crippen LogP contribution in [0.25, 0.3) is 27.5 Å². The minimum atomic E-state index is -3.89. The van der Waals surface area contributed by atoms with Crippen LogP contribution in [0.15, 0.2) is 53.3 Å². The van der Waals surface area contributed by atoms with Crippen LogP contribution in [0, 0.1) is 11.6 Å². The molecule has 0 aliphatic heterocycles. The molecule has 1 saturated carbocycles. The van der Waals surface area contributed by atoms with Crippen molar-refractivity contribution in [2.75, 3.05) is 4.72 Å². The molecule has 3 N–H and O–H groups in total. The first-order chi connectivity index (χ1) is 22.0. The van der Waals surface area contributed by atoms with Crippen molar-refractivity contribution in [2.45, 2.75) is 69.7 Å². The molecule has 0 bridgehead atoms. The molecule has 2 aromatic heterocycles. The number of halogens is 5. The predicted octanol–water partition coefficient (Wildman–Crippen LogP) is 6.38. The smallest absolute Gasteiger partial charge is 0.266 e. The molecule has 2 heterocycles. The van der Waals surface area contributed by atoms with Gasteiger partial charge in [0, 0.05) is 6.07 Å². The summed E-state index contributed by atoms with van der Waals surface area (Å²) in [7, 11) is -3.89. The van der Waals surface area contributed by atoms with Crippen LogP contribution in [0.5, 0.6) is 0 Å². The van der Waals surface area contributed by atoms with Crippen molar-refractivity contribution >= 4 is 49.2 Å². The summed E-state index contributed by atoms with van der Waals surface area (Å²) in [6.45, 7) is 5.02. The van der Waals surface area contributed by atoms with E-state index >= 15 is 0 Å². The Labute approximate surface area is 272 Å². The number of hydrogen-bond donors (Lipinski definition) is 2. The average Bonchev–Trinajstić information content (AvgIpc) is 3.77. The van der Waals surface area contributed by atoms with Crippen LogP contribution in [-0.4, -0.2) is 39.4 Å². The van der Waals surface area contributed by atoms with E-state index in [0.717, 1.165) is 33.0 Å². The molecule has 0 unspecified atom stereocenters. The van der Waals surface area contributed by atoms with Gasteiger partial charge in [-0.1, -0.05) is 38.4 Å². The zero-order valence-electron chi connectivity index (χ0n) is 25.6. The van der Waals surface area contributed by atoms with Gasteiger partial charge in [0.15, 0.2) is 5.82 Å². The van der Waals surface area contributed by atoms with Gasteiger partial charge in [-0.25, -0.2) is 31.0 Å². The molecule has 1 atom stereocenters. The molecule has 1 fully saturated rings. The average molecular weight is 691 g/mol. The molecular formula is C32H31ClF4N6O3S. The van der Waals surface area contributed by atoms with Crippen LogP contribution in [0.2, 0.25) is 5.02 Å². The molecule has 0 amide bonds. The lowest BCUT2D eigenvalue weighted by Gasteiger charge is -2.22. The van der Waals surface area contributed by atoms with E-state index in [2.05, 4.69) is 9.82 Å². The minimum absolute atomic E-state index is 0.00385. The molecule has 47 heavy (non-hydrogen) atoms. The third-order valence-electron chi connectivity index (χ3n) is 8.05. The number of hydrogen-bond acceptors (Lipinski definition) is 6. The van der Waals surface area contributed by atoms with Gasteiger partial charge in [-0.15, -0.1) is 0 Å². The first kappa shape index (κ1) is 32.9. The van der Waals surface area contributed by atoms with E-state index in [1.54, 1.807) is 18.2 Å². The summed E-state index contributed by atoms with van der Waals surface area (Å²) in [5, 5.41) is 3.70. The van der Waals surface area contributed by atoms with Crippen LogP contribution in [0.4, 0.5) is 23.4 Å². The van der Waals surface area contributed by atoms with Crippen molar-refractivity contribution in [3.8, 4) is 5.69 Å². The van der Waals surface area contributed by atoms with Gasteiger partial charge in [-0.3, -0.25) is 18.8 Å². The first-order valence-corrected chi connectivity index (χ1v) is 16.7. The quantitative estimate of drug-likeness (QED) is 0.173. The number of rotatable bonds is 9. The molecule has 1 aliphatic carbocycles. The lowest BCUT2D eigenvalue weighted by atomic mass is 9.86. The Kier molecular flexibility index (Phi) is 8.33. The highest BCUT2D eigenvalue weighted by Crippen LogP contribution is 2.38. The van der Waals surface area contributed by atoms with Gasteiger partial charge in [-0.2, -0.15) is 5.10 Å². The highest BCUT2D eigenvalue weighted by molar-refractivity contribution is 7.93. The fourth-order valence-electron chi connectivity index (χ4n) is 5.60. The lowest BCUT2D eigenvalue weighted by molar-refractivity contribution is 0.123. The normalized spacial score (nSPS) is 14.8. The molecule has 15 heteroatoms. The summed E-state index contributed by atoms with van der Waals surface area (Å²) in [6.07, 6.45) is -2.18. The molecular weight excluding hydrogens is 660 g/mol. The SMILES string of the molecule is CC(C)(C)c1ccc2c(=O)n(-c3ccc(Cl)c4c(NS(=O)(=O)C5CC5)nn(CC(F)F)c34)c([C@@H](N)Cc3cc(F)cc(F)c3)nc2c1. The molecule has 1 aliphatic rings. The second kappa shape index (κ2) is 11.9. The summed E-state index contributed by atoms with van der Waals surface area (Å²) >= 11 is 6.56. The molecule has 3 aromatic carbocycles. The Morgan fingerprint density at radius 3 is 2.36 bits per heavy atom. The first-order valence-electron chi connectivity index (χ1n) is 14.8. The fraction of sp³-hybridized carbons (Fsp3) is 0.344. The highest BCUT2D eigenvalue weighted by Gasteiger charge is 2.37. The lowest BCUT2D eigenvalue weighted by Crippen LogP contribution is -2.30. The van der Waals surface area contributed by atoms with E-state index in [1.807, 2.05) is 20.8 Å². The predicted molar refractivity (Wildman–Crippen MR) is 173 cm³/mol. The van der Waals surface area contributed by atoms with Gasteiger partial charge in [0.2, 0.25) is 10.0 Å². The van der Waals surface area contributed by atoms with Gasteiger partial charge in [-0.05, 0) is 72.2 Å². The maximum atomic E-state index is 14.4. The Balaban J connectivity index is 1.64. The number of nitrogens with zero attached hydrogens (tertiary/aromatic N) is 4. The zero-order chi connectivity index (χ0) is 34.0. The van der Waals surface area contributed by atoms with Crippen LogP contribution in [0.3, 0.4) is 0 Å². The number of fused-ring (bicyclic) bond motifs is 2. The maximum Gasteiger partial charge on any atom is 0.266 e. The van der Waals surface area contributed by atoms with Crippen LogP contribution >= 0.6 is 11.6 Å². The zero-order valence-corrected chi connectivity index (χ0v) is 27.1. The van der Waals surface area contributed by atoms with Gasteiger partial charge >= 0.3 is 0 Å². The number of sulfonamides is 1. The van der Waals surface area contributed by atoms with Crippen LogP contribution < -0.4 is 16.0 Å². The van der Waals surface area contributed by atoms with E-state index in [-0.39, 0.29) is 56.0 Å². The Hall–Kier alpha value is -4.01. The maximum absolute atomic E-state index is 14.4. The Morgan fingerprint density at radius 1 is 1.06 bits per heavy atom. The second-order valence-corrected chi connectivity index (χ2v) is 15.1. The van der Waals surface area contributed by atoms with Crippen molar-refractivity contribution in [3.05, 3.63) is 92.5 Å². The van der Waals surface area contributed by atoms with Crippen molar-refractivity contribution in [2.24, 2.45) is 5.73 Å². The van der Waals surface area contributed by atoms with Gasteiger partial charge in [0.1, 0.15) is 24.0 Å². The number of nitrogens with two attached hydrogens (primary N) is 1. The fourth-order valence-corrected chi connectivity index (χ4v) is 7.18. The van der Waals surface area contributed by atoms with E-state index in [9.17, 15) is 30.8 Å². The molecule has 0 radical (unpaired) electrons. The Bertz CT molecular complexity index is 2190. The van der Waals surface area contributed by atoms with Crippen molar-refractivity contribution < 1.29 is 26.0 Å². The van der Waals surface area contributed by atoms with Crippen molar-refractivity contribution in [1.29, 1.82) is 0 Å². The minimum Gasteiger partial charge on any atom is -0.321 e. The van der Waals surface area contributed by atoms with E-state index < -0.39 is 51.5 Å². The summed E-state index contributed by atoms with van der Waals surface area (Å²) in [6, 6.07) is 9.76. The number of nitrogens with one attached hydrogen (secondary N) is 1. The second-order valence-electron chi connectivity index (χ2n) is 12.7. The Morgan fingerprint density at radius 2 is 1.74 bits per heavy atom. The number of anilines is 1. The molecule has 9 nitrogen and oxygen atoms in total. The van der Waals surface area contributed by atoms with E-state index in [4.69, 9.17) is 22.3 Å². The molecule has 248 valence electrons. The van der Waals surface area contributed by atoms with Gasteiger partial charge in [0.25, 0.3) is 12.0 Å². The van der Waals surface area contributed by atoms with Gasteiger partial charge < -0.3 is 5.73 Å². The summed E-state index contributed by atoms with van der Waals surface area (Å²) in [4.78, 5) is 19.2. The van der Waals surface area contributed by atoms with E-state index in [1.165, 1.54) is 12.1 Å². The molecule has 6 rings (SSSR count). The summed E-state index contributed by atoms with van der Waals surface area (Å²) in [5.74, 6) is -1.94. The number of alkyl halides is 2. The summed E-state index contributed by atoms with van der Waals surface area (Å²) in [5.41, 5.74) is 7.04. The third kappa shape index (κ3) is 6.46. The third-order valence-corrected chi connectivity index (χ3v) is 10.2. The standard InChI is InChI=1S/C32H31ClF4N6O3S/c1-32(2,3)17-4-7-21-24(13-17)39-30(23(38)12-16-10-18(34)14-19(35)11-16)43(31(21)44)25-9-8-22(33)27-28(25)42(15-26(36)37)40-29(27)41-47(45,46)20-5-6-20/h4,7-11,13-14,20,23,26H,5-6,12,15,38H2,1-3H3,(H,40,41)/t23-/m0/s1. The molecule has 5 aromatic rings. The number of aromatic nitrogens is 4. The van der Waals surface area contributed by atoms with Gasteiger partial charge in [0.05, 0.1) is 43.8 Å². The molecule has 0 spiro atoms. The highest BCUT2D eigenvalue weighted by atomic mass is 35.5. The van der Waals surface area contributed by atoms with Crippen LogP contribution in [0.1, 0.15) is 56.6 Å². The topological polar surface area (TPSA) is 125 Å². The monoisotopic (exact) mass is 690 g/mol. The number of benzene rings is 3. The summed E-state index contributed by atoms with van der Waals surface area (Å²) < 4.78 is 86.2. The van der Waals surface area contributed by atoms with E-state index in [0.29, 0.717) is 18.4 Å².